The number of carbonyl (C=O) groups excluding carboxylic acids is 1. The van der Waals surface area contributed by atoms with E-state index in [0.717, 1.165) is 22.2 Å². The lowest BCUT2D eigenvalue weighted by molar-refractivity contribution is -0.384. The van der Waals surface area contributed by atoms with E-state index in [4.69, 9.17) is 11.6 Å². The van der Waals surface area contributed by atoms with Crippen LogP contribution in [0.1, 0.15) is 10.4 Å². The molecule has 0 saturated heterocycles. The van der Waals surface area contributed by atoms with Crippen molar-refractivity contribution in [2.24, 2.45) is 0 Å². The van der Waals surface area contributed by atoms with Crippen molar-refractivity contribution in [1.82, 2.24) is 4.98 Å². The first kappa shape index (κ1) is 18.4. The molecule has 0 unspecified atom stereocenters. The number of thiazole rings is 1. The lowest BCUT2D eigenvalue weighted by atomic mass is 10.2. The molecular formula is C17H12ClN3O3S2. The fraction of sp³-hybridized carbons (Fsp3) is 0.0588. The van der Waals surface area contributed by atoms with E-state index in [9.17, 15) is 14.9 Å². The van der Waals surface area contributed by atoms with Crippen molar-refractivity contribution in [2.45, 2.75) is 4.90 Å². The lowest BCUT2D eigenvalue weighted by Gasteiger charge is -2.04. The van der Waals surface area contributed by atoms with Gasteiger partial charge in [-0.2, -0.15) is 0 Å². The maximum Gasteiger partial charge on any atom is 0.270 e. The number of carbonyl (C=O) groups is 1. The molecule has 0 aliphatic rings. The number of nitrogens with one attached hydrogen (secondary N) is 1. The van der Waals surface area contributed by atoms with Crippen LogP contribution < -0.4 is 5.32 Å². The van der Waals surface area contributed by atoms with Gasteiger partial charge in [-0.3, -0.25) is 20.2 Å². The van der Waals surface area contributed by atoms with Gasteiger partial charge < -0.3 is 0 Å². The fourth-order valence-electron chi connectivity index (χ4n) is 2.19. The van der Waals surface area contributed by atoms with Crippen molar-refractivity contribution in [3.05, 3.63) is 68.5 Å². The highest BCUT2D eigenvalue weighted by atomic mass is 35.5. The van der Waals surface area contributed by atoms with Crippen molar-refractivity contribution >= 4 is 51.4 Å². The summed E-state index contributed by atoms with van der Waals surface area (Å²) in [6.07, 6.45) is 2.01. The number of nitro groups is 1. The summed E-state index contributed by atoms with van der Waals surface area (Å²) in [5.74, 6) is -0.469. The number of amides is 1. The van der Waals surface area contributed by atoms with E-state index in [1.54, 1.807) is 11.8 Å². The number of hydrogen-bond acceptors (Lipinski definition) is 6. The van der Waals surface area contributed by atoms with Crippen molar-refractivity contribution in [2.75, 3.05) is 11.6 Å². The van der Waals surface area contributed by atoms with E-state index >= 15 is 0 Å². The zero-order chi connectivity index (χ0) is 18.7. The molecule has 0 atom stereocenters. The molecular weight excluding hydrogens is 394 g/mol. The first-order valence-electron chi connectivity index (χ1n) is 7.33. The number of aromatic nitrogens is 1. The Labute approximate surface area is 162 Å². The quantitative estimate of drug-likeness (QED) is 0.351. The van der Waals surface area contributed by atoms with Crippen LogP contribution in [0.25, 0.3) is 11.3 Å². The predicted octanol–water partition coefficient (Wildman–Crippen LogP) is 5.35. The predicted molar refractivity (Wildman–Crippen MR) is 105 cm³/mol. The Morgan fingerprint density at radius 3 is 2.62 bits per heavy atom. The molecule has 0 spiro atoms. The maximum absolute atomic E-state index is 12.3. The molecule has 9 heteroatoms. The van der Waals surface area contributed by atoms with E-state index in [-0.39, 0.29) is 16.3 Å². The Hall–Kier alpha value is -2.42. The third kappa shape index (κ3) is 4.04. The van der Waals surface area contributed by atoms with Crippen LogP contribution in [0.2, 0.25) is 5.02 Å². The van der Waals surface area contributed by atoms with Gasteiger partial charge >= 0.3 is 0 Å². The van der Waals surface area contributed by atoms with E-state index in [1.165, 1.54) is 23.5 Å². The second-order valence-electron chi connectivity index (χ2n) is 5.14. The highest BCUT2D eigenvalue weighted by Crippen LogP contribution is 2.28. The number of thioether (sulfide) groups is 1. The van der Waals surface area contributed by atoms with Gasteiger partial charge in [0, 0.05) is 28.0 Å². The van der Waals surface area contributed by atoms with E-state index in [1.807, 2.05) is 35.9 Å². The number of non-ortho nitro benzene ring substituents is 1. The van der Waals surface area contributed by atoms with Crippen LogP contribution in [0.5, 0.6) is 0 Å². The smallest absolute Gasteiger partial charge is 0.270 e. The molecule has 3 aromatic rings. The van der Waals surface area contributed by atoms with E-state index in [0.29, 0.717) is 5.13 Å². The van der Waals surface area contributed by atoms with Crippen LogP contribution >= 0.6 is 34.7 Å². The van der Waals surface area contributed by atoms with Crippen molar-refractivity contribution in [3.8, 4) is 11.3 Å². The van der Waals surface area contributed by atoms with Crippen LogP contribution in [0.15, 0.2) is 52.7 Å². The molecule has 6 nitrogen and oxygen atoms in total. The Balaban J connectivity index is 1.76. The van der Waals surface area contributed by atoms with Gasteiger partial charge in [0.25, 0.3) is 11.6 Å². The summed E-state index contributed by atoms with van der Waals surface area (Å²) in [6.45, 7) is 0. The standard InChI is InChI=1S/C17H12ClN3O3S2/c1-25-12-5-2-10(3-6-12)15-9-26-17(19-15)20-16(22)13-7-4-11(21(23)24)8-14(13)18/h2-9H,1H3,(H,19,20,22). The Morgan fingerprint density at radius 2 is 2.00 bits per heavy atom. The van der Waals surface area contributed by atoms with Gasteiger partial charge in [0.15, 0.2) is 5.13 Å². The highest BCUT2D eigenvalue weighted by molar-refractivity contribution is 7.98. The summed E-state index contributed by atoms with van der Waals surface area (Å²) in [6, 6.07) is 11.7. The summed E-state index contributed by atoms with van der Waals surface area (Å²) in [7, 11) is 0. The zero-order valence-electron chi connectivity index (χ0n) is 13.4. The molecule has 1 aromatic heterocycles. The minimum Gasteiger partial charge on any atom is -0.298 e. The van der Waals surface area contributed by atoms with Crippen molar-refractivity contribution < 1.29 is 9.72 Å². The zero-order valence-corrected chi connectivity index (χ0v) is 15.8. The van der Waals surface area contributed by atoms with Crippen molar-refractivity contribution in [3.63, 3.8) is 0 Å². The fourth-order valence-corrected chi connectivity index (χ4v) is 3.58. The highest BCUT2D eigenvalue weighted by Gasteiger charge is 2.16. The molecule has 0 bridgehead atoms. The van der Waals surface area contributed by atoms with Gasteiger partial charge in [-0.05, 0) is 24.5 Å². The topological polar surface area (TPSA) is 85.1 Å². The molecule has 0 aliphatic heterocycles. The third-order valence-electron chi connectivity index (χ3n) is 3.52. The Bertz CT molecular complexity index is 974. The molecule has 0 aliphatic carbocycles. The lowest BCUT2D eigenvalue weighted by Crippen LogP contribution is -2.12. The summed E-state index contributed by atoms with van der Waals surface area (Å²) in [5, 5.41) is 15.7. The maximum atomic E-state index is 12.3. The number of halogens is 1. The van der Waals surface area contributed by atoms with Crippen LogP contribution in [-0.2, 0) is 0 Å². The minimum atomic E-state index is -0.566. The van der Waals surface area contributed by atoms with Crippen LogP contribution in [-0.4, -0.2) is 22.1 Å². The largest absolute Gasteiger partial charge is 0.298 e. The molecule has 132 valence electrons. The number of nitrogens with zero attached hydrogens (tertiary/aromatic N) is 2. The molecule has 1 amide bonds. The van der Waals surface area contributed by atoms with Gasteiger partial charge in [-0.15, -0.1) is 23.1 Å². The monoisotopic (exact) mass is 405 g/mol. The van der Waals surface area contributed by atoms with Gasteiger partial charge in [0.1, 0.15) is 0 Å². The number of hydrogen-bond donors (Lipinski definition) is 1. The number of nitro benzene ring substituents is 1. The molecule has 0 saturated carbocycles. The molecule has 2 aromatic carbocycles. The van der Waals surface area contributed by atoms with Gasteiger partial charge in [0.2, 0.25) is 0 Å². The first-order chi connectivity index (χ1) is 12.5. The second kappa shape index (κ2) is 7.86. The summed E-state index contributed by atoms with van der Waals surface area (Å²) in [5.41, 5.74) is 1.69. The third-order valence-corrected chi connectivity index (χ3v) is 5.33. The van der Waals surface area contributed by atoms with E-state index < -0.39 is 10.8 Å². The van der Waals surface area contributed by atoms with Gasteiger partial charge in [-0.25, -0.2) is 4.98 Å². The summed E-state index contributed by atoms with van der Waals surface area (Å²) < 4.78 is 0. The van der Waals surface area contributed by atoms with Gasteiger partial charge in [-0.1, -0.05) is 23.7 Å². The molecule has 0 fully saturated rings. The average Bonchev–Trinajstić information content (AvgIpc) is 3.10. The molecule has 1 heterocycles. The first-order valence-corrected chi connectivity index (χ1v) is 9.81. The van der Waals surface area contributed by atoms with Crippen LogP contribution in [0.3, 0.4) is 0 Å². The average molecular weight is 406 g/mol. The summed E-state index contributed by atoms with van der Waals surface area (Å²) in [4.78, 5) is 28.1. The number of anilines is 1. The Kier molecular flexibility index (Phi) is 5.55. The number of rotatable bonds is 5. The molecule has 0 radical (unpaired) electrons. The molecule has 26 heavy (non-hydrogen) atoms. The van der Waals surface area contributed by atoms with E-state index in [2.05, 4.69) is 10.3 Å². The minimum absolute atomic E-state index is 0.0149. The van der Waals surface area contributed by atoms with Crippen LogP contribution in [0, 0.1) is 10.1 Å². The van der Waals surface area contributed by atoms with Crippen molar-refractivity contribution in [1.29, 1.82) is 0 Å². The van der Waals surface area contributed by atoms with Crippen LogP contribution in [0.4, 0.5) is 10.8 Å². The second-order valence-corrected chi connectivity index (χ2v) is 7.29. The Morgan fingerprint density at radius 1 is 1.27 bits per heavy atom. The molecule has 1 N–H and O–H groups in total. The van der Waals surface area contributed by atoms with Gasteiger partial charge in [0.05, 0.1) is 21.2 Å². The summed E-state index contributed by atoms with van der Waals surface area (Å²) >= 11 is 8.93. The molecule has 3 rings (SSSR count). The SMILES string of the molecule is CSc1ccc(-c2csc(NC(=O)c3ccc([N+](=O)[O-])cc3Cl)n2)cc1. The number of benzene rings is 2. The normalized spacial score (nSPS) is 10.5.